The first-order valence-electron chi connectivity index (χ1n) is 8.25. The fraction of sp³-hybridized carbons (Fsp3) is 0.750. The molecule has 0 bridgehead atoms. The van der Waals surface area contributed by atoms with Gasteiger partial charge < -0.3 is 5.32 Å². The molecule has 0 amide bonds. The SMILES string of the molecule is c1nc2c(c(NC3CCN4CCCC34)n1)CCCCC2. The molecule has 0 spiro atoms. The predicted molar refractivity (Wildman–Crippen MR) is 79.9 cm³/mol. The summed E-state index contributed by atoms with van der Waals surface area (Å²) in [5.41, 5.74) is 2.70. The number of anilines is 1. The van der Waals surface area contributed by atoms with Gasteiger partial charge in [0.25, 0.3) is 0 Å². The molecular weight excluding hydrogens is 248 g/mol. The Morgan fingerprint density at radius 2 is 1.95 bits per heavy atom. The standard InChI is InChI=1S/C16H24N4/c1-2-5-12-13(6-3-1)17-11-18-16(12)19-14-8-10-20-9-4-7-15(14)20/h11,14-15H,1-10H2,(H,17,18,19). The van der Waals surface area contributed by atoms with Crippen LogP contribution >= 0.6 is 0 Å². The molecule has 20 heavy (non-hydrogen) atoms. The van der Waals surface area contributed by atoms with Crippen LogP contribution < -0.4 is 5.32 Å². The van der Waals surface area contributed by atoms with Crippen molar-refractivity contribution >= 4 is 5.82 Å². The van der Waals surface area contributed by atoms with Crippen LogP contribution in [0.2, 0.25) is 0 Å². The molecule has 1 aliphatic carbocycles. The van der Waals surface area contributed by atoms with E-state index in [9.17, 15) is 0 Å². The molecule has 4 nitrogen and oxygen atoms in total. The molecule has 2 atom stereocenters. The second kappa shape index (κ2) is 5.32. The van der Waals surface area contributed by atoms with Gasteiger partial charge in [-0.2, -0.15) is 0 Å². The zero-order valence-corrected chi connectivity index (χ0v) is 12.1. The predicted octanol–water partition coefficient (Wildman–Crippen LogP) is 2.39. The van der Waals surface area contributed by atoms with Crippen LogP contribution in [-0.4, -0.2) is 40.0 Å². The van der Waals surface area contributed by atoms with E-state index in [2.05, 4.69) is 20.2 Å². The van der Waals surface area contributed by atoms with E-state index in [4.69, 9.17) is 0 Å². The van der Waals surface area contributed by atoms with Crippen LogP contribution in [0.15, 0.2) is 6.33 Å². The fourth-order valence-corrected chi connectivity index (χ4v) is 4.25. The Hall–Kier alpha value is -1.16. The lowest BCUT2D eigenvalue weighted by atomic mass is 10.0. The average Bonchev–Trinajstić information content (AvgIpc) is 2.97. The summed E-state index contributed by atoms with van der Waals surface area (Å²) < 4.78 is 0. The zero-order chi connectivity index (χ0) is 13.4. The summed E-state index contributed by atoms with van der Waals surface area (Å²) in [6.07, 6.45) is 11.9. The Kier molecular flexibility index (Phi) is 3.34. The smallest absolute Gasteiger partial charge is 0.133 e. The van der Waals surface area contributed by atoms with E-state index in [0.29, 0.717) is 6.04 Å². The summed E-state index contributed by atoms with van der Waals surface area (Å²) in [5.74, 6) is 1.13. The molecule has 4 heteroatoms. The second-order valence-corrected chi connectivity index (χ2v) is 6.49. The van der Waals surface area contributed by atoms with Crippen molar-refractivity contribution in [3.05, 3.63) is 17.6 Å². The minimum absolute atomic E-state index is 0.597. The van der Waals surface area contributed by atoms with Gasteiger partial charge in [0.15, 0.2) is 0 Å². The molecule has 2 saturated heterocycles. The van der Waals surface area contributed by atoms with Gasteiger partial charge in [-0.05, 0) is 51.5 Å². The van der Waals surface area contributed by atoms with Crippen LogP contribution in [0.5, 0.6) is 0 Å². The summed E-state index contributed by atoms with van der Waals surface area (Å²) in [4.78, 5) is 11.7. The van der Waals surface area contributed by atoms with Crippen molar-refractivity contribution < 1.29 is 0 Å². The summed E-state index contributed by atoms with van der Waals surface area (Å²) in [6, 6.07) is 1.34. The van der Waals surface area contributed by atoms with Crippen molar-refractivity contribution in [2.24, 2.45) is 0 Å². The third-order valence-corrected chi connectivity index (χ3v) is 5.30. The van der Waals surface area contributed by atoms with Crippen molar-refractivity contribution in [1.82, 2.24) is 14.9 Å². The Labute approximate surface area is 121 Å². The van der Waals surface area contributed by atoms with Gasteiger partial charge in [0, 0.05) is 29.9 Å². The van der Waals surface area contributed by atoms with Crippen molar-refractivity contribution in [2.75, 3.05) is 18.4 Å². The average molecular weight is 272 g/mol. The monoisotopic (exact) mass is 272 g/mol. The lowest BCUT2D eigenvalue weighted by Crippen LogP contribution is -2.34. The van der Waals surface area contributed by atoms with E-state index in [-0.39, 0.29) is 0 Å². The Morgan fingerprint density at radius 3 is 2.95 bits per heavy atom. The molecule has 2 fully saturated rings. The number of hydrogen-bond donors (Lipinski definition) is 1. The van der Waals surface area contributed by atoms with Gasteiger partial charge in [0.2, 0.25) is 0 Å². The first-order chi connectivity index (χ1) is 9.92. The fourth-order valence-electron chi connectivity index (χ4n) is 4.25. The number of aromatic nitrogens is 2. The Balaban J connectivity index is 1.56. The summed E-state index contributed by atoms with van der Waals surface area (Å²) >= 11 is 0. The topological polar surface area (TPSA) is 41.1 Å². The molecular formula is C16H24N4. The van der Waals surface area contributed by atoms with E-state index < -0.39 is 0 Å². The number of rotatable bonds is 2. The molecule has 1 N–H and O–H groups in total. The molecule has 2 aliphatic heterocycles. The van der Waals surface area contributed by atoms with Gasteiger partial charge in [0.1, 0.15) is 12.1 Å². The highest BCUT2D eigenvalue weighted by atomic mass is 15.2. The molecule has 2 unspecified atom stereocenters. The maximum Gasteiger partial charge on any atom is 0.133 e. The lowest BCUT2D eigenvalue weighted by Gasteiger charge is -2.23. The number of nitrogens with zero attached hydrogens (tertiary/aromatic N) is 3. The number of fused-ring (bicyclic) bond motifs is 2. The molecule has 108 valence electrons. The first-order valence-corrected chi connectivity index (χ1v) is 8.25. The summed E-state index contributed by atoms with van der Waals surface area (Å²) in [7, 11) is 0. The van der Waals surface area contributed by atoms with Crippen molar-refractivity contribution in [3.63, 3.8) is 0 Å². The number of hydrogen-bond acceptors (Lipinski definition) is 4. The van der Waals surface area contributed by atoms with Gasteiger partial charge in [0.05, 0.1) is 0 Å². The van der Waals surface area contributed by atoms with Crippen molar-refractivity contribution in [2.45, 2.75) is 63.5 Å². The molecule has 1 aromatic heterocycles. The molecule has 0 radical (unpaired) electrons. The van der Waals surface area contributed by atoms with E-state index in [1.807, 2.05) is 0 Å². The molecule has 3 heterocycles. The highest BCUT2D eigenvalue weighted by Crippen LogP contribution is 2.31. The number of nitrogens with one attached hydrogen (secondary N) is 1. The van der Waals surface area contributed by atoms with Crippen LogP contribution in [0.4, 0.5) is 5.82 Å². The van der Waals surface area contributed by atoms with Crippen LogP contribution in [0.3, 0.4) is 0 Å². The first kappa shape index (κ1) is 12.6. The molecule has 0 aromatic carbocycles. The van der Waals surface area contributed by atoms with Crippen LogP contribution in [0.1, 0.15) is 49.8 Å². The summed E-state index contributed by atoms with van der Waals surface area (Å²) in [6.45, 7) is 2.56. The lowest BCUT2D eigenvalue weighted by molar-refractivity contribution is 0.318. The maximum absolute atomic E-state index is 4.57. The summed E-state index contributed by atoms with van der Waals surface area (Å²) in [5, 5.41) is 3.78. The number of aryl methyl sites for hydroxylation is 1. The molecule has 1 aromatic rings. The molecule has 3 aliphatic rings. The maximum atomic E-state index is 4.57. The van der Waals surface area contributed by atoms with Crippen LogP contribution in [0.25, 0.3) is 0 Å². The van der Waals surface area contributed by atoms with E-state index in [1.165, 1.54) is 62.9 Å². The largest absolute Gasteiger partial charge is 0.365 e. The molecule has 4 rings (SSSR count). The Bertz CT molecular complexity index is 487. The van der Waals surface area contributed by atoms with Crippen molar-refractivity contribution in [1.29, 1.82) is 0 Å². The van der Waals surface area contributed by atoms with E-state index in [0.717, 1.165) is 24.7 Å². The van der Waals surface area contributed by atoms with Gasteiger partial charge in [-0.15, -0.1) is 0 Å². The minimum atomic E-state index is 0.597. The van der Waals surface area contributed by atoms with Crippen LogP contribution in [0, 0.1) is 0 Å². The highest BCUT2D eigenvalue weighted by molar-refractivity contribution is 5.48. The zero-order valence-electron chi connectivity index (χ0n) is 12.1. The second-order valence-electron chi connectivity index (χ2n) is 6.49. The normalized spacial score (nSPS) is 29.8. The quantitative estimate of drug-likeness (QED) is 0.839. The van der Waals surface area contributed by atoms with Crippen LogP contribution in [-0.2, 0) is 12.8 Å². The van der Waals surface area contributed by atoms with Gasteiger partial charge in [-0.1, -0.05) is 6.42 Å². The van der Waals surface area contributed by atoms with Crippen molar-refractivity contribution in [3.8, 4) is 0 Å². The third kappa shape index (κ3) is 2.20. The highest BCUT2D eigenvalue weighted by Gasteiger charge is 2.37. The van der Waals surface area contributed by atoms with E-state index in [1.54, 1.807) is 6.33 Å². The Morgan fingerprint density at radius 1 is 1.00 bits per heavy atom. The third-order valence-electron chi connectivity index (χ3n) is 5.30. The van der Waals surface area contributed by atoms with E-state index >= 15 is 0 Å². The van der Waals surface area contributed by atoms with Gasteiger partial charge in [-0.25, -0.2) is 9.97 Å². The van der Waals surface area contributed by atoms with Gasteiger partial charge in [-0.3, -0.25) is 4.90 Å². The van der Waals surface area contributed by atoms with Gasteiger partial charge >= 0.3 is 0 Å². The molecule has 0 saturated carbocycles. The minimum Gasteiger partial charge on any atom is -0.365 e.